The van der Waals surface area contributed by atoms with E-state index >= 15 is 0 Å². The summed E-state index contributed by atoms with van der Waals surface area (Å²) >= 11 is 6.78. The summed E-state index contributed by atoms with van der Waals surface area (Å²) in [6, 6.07) is 8.76. The van der Waals surface area contributed by atoms with Crippen molar-refractivity contribution in [2.24, 2.45) is 11.1 Å². The maximum atomic E-state index is 13.7. The van der Waals surface area contributed by atoms with E-state index in [0.717, 1.165) is 12.8 Å². The second kappa shape index (κ2) is 10.9. The molecule has 1 unspecified atom stereocenters. The van der Waals surface area contributed by atoms with Crippen LogP contribution in [0.1, 0.15) is 58.1 Å². The van der Waals surface area contributed by atoms with Gasteiger partial charge in [-0.25, -0.2) is 4.79 Å². The van der Waals surface area contributed by atoms with Gasteiger partial charge in [-0.05, 0) is 48.1 Å². The number of rotatable bonds is 7. The van der Waals surface area contributed by atoms with Gasteiger partial charge in [0.2, 0.25) is 0 Å². The van der Waals surface area contributed by atoms with E-state index in [9.17, 15) is 19.5 Å². The number of carbonyl (C=O) groups is 3. The number of amides is 2. The van der Waals surface area contributed by atoms with Crippen molar-refractivity contribution in [2.45, 2.75) is 52.5 Å². The van der Waals surface area contributed by atoms with Gasteiger partial charge in [-0.2, -0.15) is 0 Å². The molecule has 0 fully saturated rings. The van der Waals surface area contributed by atoms with Crippen molar-refractivity contribution in [3.8, 4) is 11.5 Å². The number of ketones is 1. The molecule has 1 aliphatic carbocycles. The normalized spacial score (nSPS) is 18.2. The highest BCUT2D eigenvalue weighted by Gasteiger charge is 2.45. The lowest BCUT2D eigenvalue weighted by Gasteiger charge is -2.36. The SMILES string of the molecule is CCCCOc1ccc(C2C3=C(CC(C)(C)CC3=O)Nc3c(O)cccc3N2C(=O)OCC(N)=O)c(Cl)c1. The Bertz CT molecular complexity index is 1310. The number of para-hydroxylation sites is 1. The number of benzene rings is 2. The van der Waals surface area contributed by atoms with Crippen molar-refractivity contribution in [1.29, 1.82) is 0 Å². The molecule has 0 saturated heterocycles. The Hall–Kier alpha value is -3.72. The number of allylic oxidation sites excluding steroid dienone is 1. The predicted octanol–water partition coefficient (Wildman–Crippen LogP) is 5.46. The molecule has 9 nitrogen and oxygen atoms in total. The molecule has 0 radical (unpaired) electrons. The molecular weight excluding hydrogens is 510 g/mol. The zero-order chi connectivity index (χ0) is 27.6. The molecule has 0 aromatic heterocycles. The fraction of sp³-hybridized carbons (Fsp3) is 0.393. The summed E-state index contributed by atoms with van der Waals surface area (Å²) in [5.74, 6) is -0.566. The van der Waals surface area contributed by atoms with Gasteiger partial charge in [0.25, 0.3) is 5.91 Å². The van der Waals surface area contributed by atoms with Crippen LogP contribution in [0.4, 0.5) is 16.2 Å². The van der Waals surface area contributed by atoms with E-state index in [4.69, 9.17) is 26.8 Å². The standard InChI is InChI=1S/C28H32ClN3O6/c1-4-5-11-37-16-9-10-17(18(29)12-16)26-24-19(13-28(2,3)14-22(24)34)31-25-20(7-6-8-21(25)33)32(26)27(36)38-15-23(30)35/h6-10,12,26,31,33H,4-5,11,13-15H2,1-3H3,(H2,30,35). The molecule has 2 aromatic carbocycles. The highest BCUT2D eigenvalue weighted by molar-refractivity contribution is 6.31. The van der Waals surface area contributed by atoms with Crippen molar-refractivity contribution in [1.82, 2.24) is 0 Å². The van der Waals surface area contributed by atoms with Crippen LogP contribution in [0, 0.1) is 5.41 Å². The largest absolute Gasteiger partial charge is 0.506 e. The minimum absolute atomic E-state index is 0.121. The number of hydrogen-bond acceptors (Lipinski definition) is 7. The zero-order valence-corrected chi connectivity index (χ0v) is 22.4. The van der Waals surface area contributed by atoms with E-state index in [1.807, 2.05) is 13.8 Å². The molecule has 4 N–H and O–H groups in total. The summed E-state index contributed by atoms with van der Waals surface area (Å²) < 4.78 is 11.0. The maximum absolute atomic E-state index is 13.7. The van der Waals surface area contributed by atoms with Gasteiger partial charge < -0.3 is 25.6 Å². The van der Waals surface area contributed by atoms with Crippen LogP contribution in [0.15, 0.2) is 47.7 Å². The molecule has 2 amide bonds. The summed E-state index contributed by atoms with van der Waals surface area (Å²) in [7, 11) is 0. The number of fused-ring (bicyclic) bond motifs is 1. The maximum Gasteiger partial charge on any atom is 0.415 e. The van der Waals surface area contributed by atoms with Crippen LogP contribution in [-0.2, 0) is 14.3 Å². The van der Waals surface area contributed by atoms with Gasteiger partial charge in [0.05, 0.1) is 18.3 Å². The number of nitrogens with two attached hydrogens (primary N) is 1. The summed E-state index contributed by atoms with van der Waals surface area (Å²) in [4.78, 5) is 40.0. The molecule has 202 valence electrons. The average Bonchev–Trinajstić information content (AvgIpc) is 2.97. The first-order valence-corrected chi connectivity index (χ1v) is 12.9. The smallest absolute Gasteiger partial charge is 0.415 e. The predicted molar refractivity (Wildman–Crippen MR) is 144 cm³/mol. The first-order chi connectivity index (χ1) is 18.0. The van der Waals surface area contributed by atoms with Crippen LogP contribution in [0.2, 0.25) is 5.02 Å². The lowest BCUT2D eigenvalue weighted by molar-refractivity contribution is -0.121. The van der Waals surface area contributed by atoms with Crippen LogP contribution in [0.5, 0.6) is 11.5 Å². The molecule has 38 heavy (non-hydrogen) atoms. The fourth-order valence-corrected chi connectivity index (χ4v) is 5.17. The molecule has 2 aliphatic rings. The molecule has 2 aromatic rings. The number of anilines is 2. The number of nitrogens with one attached hydrogen (secondary N) is 1. The summed E-state index contributed by atoms with van der Waals surface area (Å²) in [6.45, 7) is 5.90. The summed E-state index contributed by atoms with van der Waals surface area (Å²) in [5, 5.41) is 14.3. The molecule has 1 aliphatic heterocycles. The van der Waals surface area contributed by atoms with E-state index in [0.29, 0.717) is 35.6 Å². The Labute approximate surface area is 226 Å². The molecule has 4 rings (SSSR count). The van der Waals surface area contributed by atoms with Crippen LogP contribution >= 0.6 is 11.6 Å². The van der Waals surface area contributed by atoms with Crippen LogP contribution in [0.3, 0.4) is 0 Å². The monoisotopic (exact) mass is 541 g/mol. The Morgan fingerprint density at radius 3 is 2.68 bits per heavy atom. The van der Waals surface area contributed by atoms with Crippen LogP contribution in [-0.4, -0.2) is 36.1 Å². The highest BCUT2D eigenvalue weighted by atomic mass is 35.5. The van der Waals surface area contributed by atoms with Gasteiger partial charge in [-0.1, -0.05) is 50.9 Å². The summed E-state index contributed by atoms with van der Waals surface area (Å²) in [5.41, 5.74) is 6.72. The third-order valence-corrected chi connectivity index (χ3v) is 6.90. The highest BCUT2D eigenvalue weighted by Crippen LogP contribution is 2.51. The number of halogens is 1. The van der Waals surface area contributed by atoms with E-state index < -0.39 is 24.6 Å². The average molecular weight is 542 g/mol. The zero-order valence-electron chi connectivity index (χ0n) is 21.7. The number of primary amides is 1. The third-order valence-electron chi connectivity index (χ3n) is 6.58. The second-order valence-electron chi connectivity index (χ2n) is 10.3. The van der Waals surface area contributed by atoms with Gasteiger partial charge in [0.1, 0.15) is 17.2 Å². The number of ether oxygens (including phenoxy) is 2. The molecular formula is C28H32ClN3O6. The molecule has 0 spiro atoms. The van der Waals surface area contributed by atoms with Crippen molar-refractivity contribution < 1.29 is 29.0 Å². The van der Waals surface area contributed by atoms with Gasteiger partial charge in [-0.15, -0.1) is 0 Å². The first kappa shape index (κ1) is 27.3. The van der Waals surface area contributed by atoms with E-state index in [1.165, 1.54) is 11.0 Å². The Kier molecular flexibility index (Phi) is 7.87. The molecule has 0 bridgehead atoms. The van der Waals surface area contributed by atoms with Crippen molar-refractivity contribution in [3.05, 3.63) is 58.3 Å². The number of nitrogens with zero attached hydrogens (tertiary/aromatic N) is 1. The van der Waals surface area contributed by atoms with Crippen molar-refractivity contribution in [2.75, 3.05) is 23.4 Å². The number of unbranched alkanes of at least 4 members (excludes halogenated alkanes) is 1. The molecule has 1 heterocycles. The van der Waals surface area contributed by atoms with Gasteiger partial charge in [0.15, 0.2) is 12.4 Å². The minimum atomic E-state index is -1.01. The van der Waals surface area contributed by atoms with Crippen LogP contribution < -0.4 is 20.7 Å². The fourth-order valence-electron chi connectivity index (χ4n) is 4.89. The number of phenols is 1. The van der Waals surface area contributed by atoms with E-state index in [2.05, 4.69) is 12.2 Å². The second-order valence-corrected chi connectivity index (χ2v) is 10.7. The van der Waals surface area contributed by atoms with Gasteiger partial charge in [-0.3, -0.25) is 14.5 Å². The minimum Gasteiger partial charge on any atom is -0.506 e. The number of carbonyl (C=O) groups excluding carboxylic acids is 3. The Morgan fingerprint density at radius 2 is 2.00 bits per heavy atom. The van der Waals surface area contributed by atoms with Crippen molar-refractivity contribution >= 4 is 40.8 Å². The Morgan fingerprint density at radius 1 is 1.24 bits per heavy atom. The van der Waals surface area contributed by atoms with E-state index in [1.54, 1.807) is 30.3 Å². The summed E-state index contributed by atoms with van der Waals surface area (Å²) in [6.07, 6.45) is 1.66. The van der Waals surface area contributed by atoms with Gasteiger partial charge in [0, 0.05) is 22.7 Å². The number of aromatic hydroxyl groups is 1. The number of hydrogen-bond donors (Lipinski definition) is 3. The number of phenolic OH excluding ortho intramolecular Hbond substituents is 1. The third kappa shape index (κ3) is 5.57. The Balaban J connectivity index is 1.93. The quantitative estimate of drug-likeness (QED) is 0.313. The lowest BCUT2D eigenvalue weighted by atomic mass is 9.73. The molecule has 1 atom stereocenters. The van der Waals surface area contributed by atoms with Gasteiger partial charge >= 0.3 is 6.09 Å². The lowest BCUT2D eigenvalue weighted by Crippen LogP contribution is -2.40. The van der Waals surface area contributed by atoms with E-state index in [-0.39, 0.29) is 39.8 Å². The van der Waals surface area contributed by atoms with Crippen molar-refractivity contribution in [3.63, 3.8) is 0 Å². The first-order valence-electron chi connectivity index (χ1n) is 12.5. The molecule has 10 heteroatoms. The van der Waals surface area contributed by atoms with Crippen LogP contribution in [0.25, 0.3) is 0 Å². The molecule has 0 saturated carbocycles. The topological polar surface area (TPSA) is 131 Å². The number of Topliss-reactive ketones (excluding diaryl/α,β-unsaturated/α-hetero) is 1.